The molecule has 0 saturated carbocycles. The molecule has 0 aliphatic carbocycles. The second kappa shape index (κ2) is 8.76. The lowest BCUT2D eigenvalue weighted by Gasteiger charge is -2.10. The number of anilines is 1. The highest BCUT2D eigenvalue weighted by atomic mass is 32.2. The van der Waals surface area contributed by atoms with Crippen LogP contribution in [0.1, 0.15) is 11.1 Å². The van der Waals surface area contributed by atoms with Crippen molar-refractivity contribution in [1.29, 1.82) is 0 Å². The monoisotopic (exact) mass is 474 g/mol. The summed E-state index contributed by atoms with van der Waals surface area (Å²) in [4.78, 5) is 4.63. The molecule has 9 heteroatoms. The van der Waals surface area contributed by atoms with Crippen molar-refractivity contribution < 1.29 is 21.6 Å². The second-order valence-electron chi connectivity index (χ2n) is 7.04. The zero-order valence-electron chi connectivity index (χ0n) is 16.5. The van der Waals surface area contributed by atoms with E-state index in [4.69, 9.17) is 0 Å². The molecule has 1 heterocycles. The van der Waals surface area contributed by atoms with Crippen LogP contribution in [0, 0.1) is 0 Å². The van der Waals surface area contributed by atoms with E-state index in [0.29, 0.717) is 5.69 Å². The Hall–Kier alpha value is -3.17. The van der Waals surface area contributed by atoms with Crippen LogP contribution in [-0.2, 0) is 22.0 Å². The summed E-state index contributed by atoms with van der Waals surface area (Å²) in [6, 6.07) is 20.6. The Kier molecular flexibility index (Phi) is 6.03. The molecular weight excluding hydrogens is 457 g/mol. The van der Waals surface area contributed by atoms with Gasteiger partial charge in [0, 0.05) is 22.2 Å². The van der Waals surface area contributed by atoms with Crippen molar-refractivity contribution in [2.24, 2.45) is 0 Å². The minimum atomic E-state index is -4.47. The maximum absolute atomic E-state index is 12.7. The van der Waals surface area contributed by atoms with Crippen LogP contribution in [0.4, 0.5) is 18.9 Å². The van der Waals surface area contributed by atoms with E-state index in [1.165, 1.54) is 23.5 Å². The topological polar surface area (TPSA) is 59.1 Å². The number of nitrogens with one attached hydrogen (secondary N) is 1. The van der Waals surface area contributed by atoms with E-state index in [1.54, 1.807) is 18.2 Å². The third-order valence-electron chi connectivity index (χ3n) is 4.59. The summed E-state index contributed by atoms with van der Waals surface area (Å²) >= 11 is 1.49. The summed E-state index contributed by atoms with van der Waals surface area (Å²) < 4.78 is 65.6. The second-order valence-corrected chi connectivity index (χ2v) is 9.62. The number of hydrogen-bond acceptors (Lipinski definition) is 4. The quantitative estimate of drug-likeness (QED) is 0.350. The fourth-order valence-electron chi connectivity index (χ4n) is 3.09. The highest BCUT2D eigenvalue weighted by Crippen LogP contribution is 2.31. The summed E-state index contributed by atoms with van der Waals surface area (Å²) in [7, 11) is -3.82. The number of halogens is 3. The molecule has 1 aromatic heterocycles. The Morgan fingerprint density at radius 2 is 1.56 bits per heavy atom. The molecule has 0 radical (unpaired) electrons. The molecule has 0 amide bonds. The summed E-state index contributed by atoms with van der Waals surface area (Å²) in [6.07, 6.45) is -4.47. The van der Waals surface area contributed by atoms with Crippen molar-refractivity contribution in [1.82, 2.24) is 4.98 Å². The molecule has 0 bridgehead atoms. The number of rotatable bonds is 6. The zero-order valence-corrected chi connectivity index (χ0v) is 18.1. The molecule has 0 spiro atoms. The first-order chi connectivity index (χ1) is 15.2. The molecule has 4 aromatic rings. The number of thiazole rings is 1. The van der Waals surface area contributed by atoms with Crippen LogP contribution >= 0.6 is 11.3 Å². The average molecular weight is 475 g/mol. The SMILES string of the molecule is O=S(=O)(Cc1ccc(C(F)(F)F)cc1)Nc1cccc(-c2csc(-c3ccccc3)n2)c1. The fraction of sp³-hybridized carbons (Fsp3) is 0.0870. The van der Waals surface area contributed by atoms with Crippen LogP contribution in [0.5, 0.6) is 0 Å². The molecule has 0 unspecified atom stereocenters. The van der Waals surface area contributed by atoms with E-state index in [1.807, 2.05) is 41.8 Å². The normalized spacial score (nSPS) is 12.0. The molecule has 0 saturated heterocycles. The van der Waals surface area contributed by atoms with E-state index in [-0.39, 0.29) is 5.56 Å². The first-order valence-corrected chi connectivity index (χ1v) is 12.0. The van der Waals surface area contributed by atoms with Gasteiger partial charge in [-0.15, -0.1) is 11.3 Å². The Morgan fingerprint density at radius 1 is 0.875 bits per heavy atom. The van der Waals surface area contributed by atoms with Gasteiger partial charge in [0.05, 0.1) is 17.0 Å². The van der Waals surface area contributed by atoms with Gasteiger partial charge in [0.1, 0.15) is 5.01 Å². The van der Waals surface area contributed by atoms with E-state index in [0.717, 1.165) is 34.0 Å². The van der Waals surface area contributed by atoms with Crippen molar-refractivity contribution in [3.63, 3.8) is 0 Å². The third kappa shape index (κ3) is 5.35. The number of sulfonamides is 1. The number of nitrogens with zero attached hydrogens (tertiary/aromatic N) is 1. The van der Waals surface area contributed by atoms with E-state index in [2.05, 4.69) is 9.71 Å². The van der Waals surface area contributed by atoms with Crippen LogP contribution < -0.4 is 4.72 Å². The molecular formula is C23H17F3N2O2S2. The lowest BCUT2D eigenvalue weighted by atomic mass is 10.1. The Morgan fingerprint density at radius 3 is 2.25 bits per heavy atom. The van der Waals surface area contributed by atoms with E-state index < -0.39 is 27.5 Å². The van der Waals surface area contributed by atoms with E-state index in [9.17, 15) is 21.6 Å². The summed E-state index contributed by atoms with van der Waals surface area (Å²) in [5.41, 5.74) is 2.25. The van der Waals surface area contributed by atoms with Gasteiger partial charge < -0.3 is 0 Å². The molecule has 0 fully saturated rings. The van der Waals surface area contributed by atoms with E-state index >= 15 is 0 Å². The predicted molar refractivity (Wildman–Crippen MR) is 121 cm³/mol. The molecule has 0 atom stereocenters. The fourth-order valence-corrected chi connectivity index (χ4v) is 5.11. The van der Waals surface area contributed by atoms with Crippen molar-refractivity contribution >= 4 is 27.0 Å². The van der Waals surface area contributed by atoms with Crippen LogP contribution in [0.25, 0.3) is 21.8 Å². The van der Waals surface area contributed by atoms with Gasteiger partial charge in [-0.1, -0.05) is 54.6 Å². The van der Waals surface area contributed by atoms with Gasteiger partial charge in [-0.25, -0.2) is 13.4 Å². The maximum Gasteiger partial charge on any atom is 0.416 e. The highest BCUT2D eigenvalue weighted by Gasteiger charge is 2.30. The van der Waals surface area contributed by atoms with Crippen LogP contribution in [0.15, 0.2) is 84.2 Å². The highest BCUT2D eigenvalue weighted by molar-refractivity contribution is 7.91. The maximum atomic E-state index is 12.7. The van der Waals surface area contributed by atoms with Crippen LogP contribution in [0.3, 0.4) is 0 Å². The summed E-state index contributed by atoms with van der Waals surface area (Å²) in [5.74, 6) is -0.440. The molecule has 3 aromatic carbocycles. The van der Waals surface area contributed by atoms with Gasteiger partial charge in [0.15, 0.2) is 0 Å². The largest absolute Gasteiger partial charge is 0.416 e. The van der Waals surface area contributed by atoms with Crippen LogP contribution in [-0.4, -0.2) is 13.4 Å². The lowest BCUT2D eigenvalue weighted by Crippen LogP contribution is -2.15. The van der Waals surface area contributed by atoms with Crippen molar-refractivity contribution in [2.45, 2.75) is 11.9 Å². The molecule has 0 aliphatic heterocycles. The number of hydrogen-bond donors (Lipinski definition) is 1. The molecule has 0 aliphatic rings. The Balaban J connectivity index is 1.49. The Bertz CT molecular complexity index is 1320. The number of aromatic nitrogens is 1. The Labute approximate surface area is 187 Å². The molecule has 164 valence electrons. The zero-order chi connectivity index (χ0) is 22.8. The molecule has 32 heavy (non-hydrogen) atoms. The van der Waals surface area contributed by atoms with Gasteiger partial charge in [-0.05, 0) is 29.8 Å². The molecule has 1 N–H and O–H groups in total. The first kappa shape index (κ1) is 22.0. The minimum Gasteiger partial charge on any atom is -0.283 e. The standard InChI is InChI=1S/C23H17F3N2O2S2/c24-23(25,26)19-11-9-16(10-12-19)15-32(29,30)28-20-8-4-7-18(13-20)21-14-31-22(27-21)17-5-2-1-3-6-17/h1-14,28H,15H2. The first-order valence-electron chi connectivity index (χ1n) is 9.48. The molecule has 4 rings (SSSR count). The predicted octanol–water partition coefficient (Wildman–Crippen LogP) is 6.44. The molecule has 4 nitrogen and oxygen atoms in total. The van der Waals surface area contributed by atoms with Gasteiger partial charge in [-0.2, -0.15) is 13.2 Å². The van der Waals surface area contributed by atoms with Gasteiger partial charge in [-0.3, -0.25) is 4.72 Å². The van der Waals surface area contributed by atoms with Crippen LogP contribution in [0.2, 0.25) is 0 Å². The number of alkyl halides is 3. The van der Waals surface area contributed by atoms with Crippen molar-refractivity contribution in [3.8, 4) is 21.8 Å². The third-order valence-corrected chi connectivity index (χ3v) is 6.75. The summed E-state index contributed by atoms with van der Waals surface area (Å²) in [5, 5.41) is 2.76. The average Bonchev–Trinajstić information content (AvgIpc) is 3.24. The number of benzene rings is 3. The lowest BCUT2D eigenvalue weighted by molar-refractivity contribution is -0.137. The van der Waals surface area contributed by atoms with Gasteiger partial charge in [0.2, 0.25) is 10.0 Å². The van der Waals surface area contributed by atoms with Crippen molar-refractivity contribution in [2.75, 3.05) is 4.72 Å². The van der Waals surface area contributed by atoms with Gasteiger partial charge >= 0.3 is 6.18 Å². The smallest absolute Gasteiger partial charge is 0.283 e. The van der Waals surface area contributed by atoms with Crippen molar-refractivity contribution in [3.05, 3.63) is 95.4 Å². The van der Waals surface area contributed by atoms with Gasteiger partial charge in [0.25, 0.3) is 0 Å². The summed E-state index contributed by atoms with van der Waals surface area (Å²) in [6.45, 7) is 0. The minimum absolute atomic E-state index is 0.258.